The Bertz CT molecular complexity index is 516. The molecule has 3 N–H and O–H groups in total. The third-order valence-corrected chi connectivity index (χ3v) is 2.48. The molecular weight excluding hydrogens is 273 g/mol. The van der Waals surface area contributed by atoms with Gasteiger partial charge in [-0.15, -0.1) is 0 Å². The molecule has 0 radical (unpaired) electrons. The van der Waals surface area contributed by atoms with Crippen LogP contribution in [0.25, 0.3) is 0 Å². The van der Waals surface area contributed by atoms with Gasteiger partial charge in [0, 0.05) is 22.4 Å². The van der Waals surface area contributed by atoms with Crippen molar-refractivity contribution in [1.82, 2.24) is 4.98 Å². The molecule has 5 heteroatoms. The summed E-state index contributed by atoms with van der Waals surface area (Å²) < 4.78 is 14.2. The third kappa shape index (κ3) is 2.49. The van der Waals surface area contributed by atoms with E-state index in [4.69, 9.17) is 5.73 Å². The quantitative estimate of drug-likeness (QED) is 0.888. The minimum atomic E-state index is -0.329. The minimum absolute atomic E-state index is 0.329. The highest BCUT2D eigenvalue weighted by molar-refractivity contribution is 9.10. The van der Waals surface area contributed by atoms with Gasteiger partial charge in [0.15, 0.2) is 0 Å². The molecule has 0 bridgehead atoms. The lowest BCUT2D eigenvalue weighted by Gasteiger charge is -2.07. The molecular formula is C11H9BrFN3. The van der Waals surface area contributed by atoms with Crippen LogP contribution in [0.2, 0.25) is 0 Å². The van der Waals surface area contributed by atoms with Crippen molar-refractivity contribution in [2.45, 2.75) is 0 Å². The van der Waals surface area contributed by atoms with Crippen LogP contribution in [0.5, 0.6) is 0 Å². The molecule has 16 heavy (non-hydrogen) atoms. The van der Waals surface area contributed by atoms with E-state index in [1.54, 1.807) is 30.5 Å². The maximum Gasteiger partial charge on any atom is 0.147 e. The molecule has 0 aliphatic carbocycles. The maximum atomic E-state index is 13.5. The van der Waals surface area contributed by atoms with Crippen LogP contribution >= 0.6 is 15.9 Å². The molecule has 0 saturated heterocycles. The number of nitrogens with two attached hydrogens (primary N) is 1. The number of benzene rings is 1. The Morgan fingerprint density at radius 3 is 2.75 bits per heavy atom. The van der Waals surface area contributed by atoms with Crippen LogP contribution in [0.3, 0.4) is 0 Å². The van der Waals surface area contributed by atoms with Crippen LogP contribution in [0.15, 0.2) is 41.0 Å². The van der Waals surface area contributed by atoms with E-state index < -0.39 is 0 Å². The maximum absolute atomic E-state index is 13.5. The Morgan fingerprint density at radius 1 is 1.25 bits per heavy atom. The second-order valence-electron chi connectivity index (χ2n) is 3.22. The van der Waals surface area contributed by atoms with E-state index in [9.17, 15) is 4.39 Å². The van der Waals surface area contributed by atoms with E-state index in [2.05, 4.69) is 26.2 Å². The number of halogens is 2. The Kier molecular flexibility index (Phi) is 3.05. The van der Waals surface area contributed by atoms with E-state index in [1.165, 1.54) is 6.07 Å². The van der Waals surface area contributed by atoms with E-state index >= 15 is 0 Å². The Balaban J connectivity index is 2.27. The lowest BCUT2D eigenvalue weighted by Crippen LogP contribution is -1.96. The Hall–Kier alpha value is -1.62. The standard InChI is InChI=1S/C11H9BrFN3/c12-7-1-2-10(9(13)5-7)16-8-3-4-15-11(14)6-8/h1-6H,(H3,14,15,16). The molecule has 1 aromatic heterocycles. The summed E-state index contributed by atoms with van der Waals surface area (Å²) in [6.07, 6.45) is 1.56. The monoisotopic (exact) mass is 281 g/mol. The van der Waals surface area contributed by atoms with Crippen molar-refractivity contribution >= 4 is 33.1 Å². The van der Waals surface area contributed by atoms with Crippen LogP contribution in [0, 0.1) is 5.82 Å². The molecule has 1 heterocycles. The van der Waals surface area contributed by atoms with Crippen LogP contribution < -0.4 is 11.1 Å². The fraction of sp³-hybridized carbons (Fsp3) is 0. The van der Waals surface area contributed by atoms with Crippen molar-refractivity contribution in [3.05, 3.63) is 46.8 Å². The Labute approximate surface area is 101 Å². The highest BCUT2D eigenvalue weighted by atomic mass is 79.9. The highest BCUT2D eigenvalue weighted by Gasteiger charge is 2.03. The van der Waals surface area contributed by atoms with Crippen molar-refractivity contribution in [1.29, 1.82) is 0 Å². The zero-order valence-electron chi connectivity index (χ0n) is 8.24. The first-order chi connectivity index (χ1) is 7.65. The third-order valence-electron chi connectivity index (χ3n) is 1.99. The summed E-state index contributed by atoms with van der Waals surface area (Å²) in [6, 6.07) is 8.16. The van der Waals surface area contributed by atoms with Gasteiger partial charge in [0.2, 0.25) is 0 Å². The Morgan fingerprint density at radius 2 is 2.06 bits per heavy atom. The number of hydrogen-bond donors (Lipinski definition) is 2. The lowest BCUT2D eigenvalue weighted by atomic mass is 10.3. The molecule has 2 rings (SSSR count). The molecule has 2 aromatic rings. The largest absolute Gasteiger partial charge is 0.384 e. The topological polar surface area (TPSA) is 50.9 Å². The fourth-order valence-electron chi connectivity index (χ4n) is 1.27. The normalized spacial score (nSPS) is 10.1. The van der Waals surface area contributed by atoms with Crippen molar-refractivity contribution in [2.24, 2.45) is 0 Å². The number of nitrogens with zero attached hydrogens (tertiary/aromatic N) is 1. The summed E-state index contributed by atoms with van der Waals surface area (Å²) >= 11 is 3.20. The predicted molar refractivity (Wildman–Crippen MR) is 66.0 cm³/mol. The van der Waals surface area contributed by atoms with Gasteiger partial charge in [0.25, 0.3) is 0 Å². The number of nitrogen functional groups attached to an aromatic ring is 1. The molecule has 1 aromatic carbocycles. The van der Waals surface area contributed by atoms with Gasteiger partial charge in [0.1, 0.15) is 11.6 Å². The lowest BCUT2D eigenvalue weighted by molar-refractivity contribution is 0.631. The van der Waals surface area contributed by atoms with Gasteiger partial charge < -0.3 is 11.1 Å². The fourth-order valence-corrected chi connectivity index (χ4v) is 1.61. The number of pyridine rings is 1. The average molecular weight is 282 g/mol. The zero-order valence-corrected chi connectivity index (χ0v) is 9.83. The first-order valence-corrected chi connectivity index (χ1v) is 5.38. The van der Waals surface area contributed by atoms with Gasteiger partial charge in [-0.25, -0.2) is 9.37 Å². The summed E-state index contributed by atoms with van der Waals surface area (Å²) in [5.74, 6) is 0.0623. The van der Waals surface area contributed by atoms with Crippen LogP contribution in [-0.2, 0) is 0 Å². The van der Waals surface area contributed by atoms with Crippen molar-refractivity contribution in [3.63, 3.8) is 0 Å². The molecule has 0 spiro atoms. The minimum Gasteiger partial charge on any atom is -0.384 e. The average Bonchev–Trinajstić information content (AvgIpc) is 2.22. The van der Waals surface area contributed by atoms with Crippen molar-refractivity contribution < 1.29 is 4.39 Å². The molecule has 0 aliphatic rings. The number of nitrogens with one attached hydrogen (secondary N) is 1. The summed E-state index contributed by atoms with van der Waals surface area (Å²) in [5, 5.41) is 2.92. The number of rotatable bonds is 2. The van der Waals surface area contributed by atoms with E-state index in [0.717, 1.165) is 0 Å². The number of hydrogen-bond acceptors (Lipinski definition) is 3. The van der Waals surface area contributed by atoms with Crippen LogP contribution in [-0.4, -0.2) is 4.98 Å². The molecule has 0 atom stereocenters. The van der Waals surface area contributed by atoms with Gasteiger partial charge in [-0.2, -0.15) is 0 Å². The molecule has 3 nitrogen and oxygen atoms in total. The van der Waals surface area contributed by atoms with Gasteiger partial charge >= 0.3 is 0 Å². The summed E-state index contributed by atoms with van der Waals surface area (Å²) in [7, 11) is 0. The van der Waals surface area contributed by atoms with Gasteiger partial charge in [-0.1, -0.05) is 15.9 Å². The molecule has 82 valence electrons. The molecule has 0 aliphatic heterocycles. The number of anilines is 3. The summed E-state index contributed by atoms with van der Waals surface area (Å²) in [4.78, 5) is 3.85. The molecule has 0 amide bonds. The first kappa shape index (κ1) is 10.9. The van der Waals surface area contributed by atoms with Crippen molar-refractivity contribution in [3.8, 4) is 0 Å². The van der Waals surface area contributed by atoms with Gasteiger partial charge in [-0.3, -0.25) is 0 Å². The SMILES string of the molecule is Nc1cc(Nc2ccc(Br)cc2F)ccn1. The van der Waals surface area contributed by atoms with Crippen molar-refractivity contribution in [2.75, 3.05) is 11.1 Å². The smallest absolute Gasteiger partial charge is 0.147 e. The van der Waals surface area contributed by atoms with E-state index in [0.29, 0.717) is 21.7 Å². The second kappa shape index (κ2) is 4.49. The molecule has 0 saturated carbocycles. The van der Waals surface area contributed by atoms with Gasteiger partial charge in [0.05, 0.1) is 5.69 Å². The number of aromatic nitrogens is 1. The van der Waals surface area contributed by atoms with E-state index in [-0.39, 0.29) is 5.82 Å². The molecule has 0 unspecified atom stereocenters. The zero-order chi connectivity index (χ0) is 11.5. The van der Waals surface area contributed by atoms with Crippen LogP contribution in [0.1, 0.15) is 0 Å². The summed E-state index contributed by atoms with van der Waals surface area (Å²) in [5.41, 5.74) is 6.62. The predicted octanol–water partition coefficient (Wildman–Crippen LogP) is 3.31. The second-order valence-corrected chi connectivity index (χ2v) is 4.13. The van der Waals surface area contributed by atoms with E-state index in [1.807, 2.05) is 0 Å². The molecule has 0 fully saturated rings. The van der Waals surface area contributed by atoms with Gasteiger partial charge in [-0.05, 0) is 24.3 Å². The first-order valence-electron chi connectivity index (χ1n) is 4.59. The summed E-state index contributed by atoms with van der Waals surface area (Å²) in [6.45, 7) is 0. The van der Waals surface area contributed by atoms with Crippen LogP contribution in [0.4, 0.5) is 21.6 Å². The highest BCUT2D eigenvalue weighted by Crippen LogP contribution is 2.23.